The minimum absolute atomic E-state index is 0.0661. The fourth-order valence-electron chi connectivity index (χ4n) is 4.34. The summed E-state index contributed by atoms with van der Waals surface area (Å²) in [6.45, 7) is 6.40. The molecule has 1 aliphatic carbocycles. The van der Waals surface area contributed by atoms with Gasteiger partial charge in [-0.05, 0) is 55.8 Å². The number of nitrogens with zero attached hydrogens (tertiary/aromatic N) is 5. The highest BCUT2D eigenvalue weighted by Gasteiger charge is 2.28. The van der Waals surface area contributed by atoms with Crippen molar-refractivity contribution in [1.29, 1.82) is 0 Å². The van der Waals surface area contributed by atoms with Gasteiger partial charge in [0.2, 0.25) is 5.95 Å². The maximum atomic E-state index is 14.4. The van der Waals surface area contributed by atoms with Gasteiger partial charge < -0.3 is 11.1 Å². The van der Waals surface area contributed by atoms with Gasteiger partial charge in [-0.1, -0.05) is 13.5 Å². The van der Waals surface area contributed by atoms with E-state index in [2.05, 4.69) is 33.8 Å². The fraction of sp³-hybridized carbons (Fsp3) is 0.296. The van der Waals surface area contributed by atoms with Crippen LogP contribution in [0, 0.1) is 17.6 Å². The molecule has 3 N–H and O–H groups in total. The standard InChI is InChI=1S/C27H26F3N7/c1-3-17(6-8-31)34-27-23-18(15-4-5-15)12-32-13-21(23)35-26(37-27)16-7-9-33-20(10-16)14(2)25-24(30)19(28)11-22(29)36-25/h7,9-13,15,17H,2-6,8,31H2,1H3,(H,34,35,37). The number of nitrogens with one attached hydrogen (secondary N) is 1. The second-order valence-corrected chi connectivity index (χ2v) is 9.12. The van der Waals surface area contributed by atoms with E-state index < -0.39 is 23.3 Å². The summed E-state index contributed by atoms with van der Waals surface area (Å²) in [5, 5.41) is 4.50. The molecular formula is C27H26F3N7. The number of rotatable bonds is 9. The molecule has 4 aromatic heterocycles. The molecule has 0 aromatic carbocycles. The van der Waals surface area contributed by atoms with Crippen LogP contribution in [0.4, 0.5) is 19.0 Å². The number of hydrogen-bond acceptors (Lipinski definition) is 7. The third-order valence-electron chi connectivity index (χ3n) is 6.50. The van der Waals surface area contributed by atoms with E-state index in [9.17, 15) is 13.2 Å². The Labute approximate surface area is 212 Å². The number of fused-ring (bicyclic) bond motifs is 1. The molecule has 37 heavy (non-hydrogen) atoms. The van der Waals surface area contributed by atoms with Crippen molar-refractivity contribution in [3.63, 3.8) is 0 Å². The van der Waals surface area contributed by atoms with Crippen LogP contribution in [0.5, 0.6) is 0 Å². The van der Waals surface area contributed by atoms with Crippen LogP contribution in [0.1, 0.15) is 55.5 Å². The Hall–Kier alpha value is -3.92. The number of anilines is 1. The zero-order valence-electron chi connectivity index (χ0n) is 20.3. The second kappa shape index (κ2) is 10.2. The molecule has 1 atom stereocenters. The highest BCUT2D eigenvalue weighted by Crippen LogP contribution is 2.44. The third-order valence-corrected chi connectivity index (χ3v) is 6.50. The Morgan fingerprint density at radius 3 is 2.70 bits per heavy atom. The molecule has 0 aliphatic heterocycles. The maximum absolute atomic E-state index is 14.4. The van der Waals surface area contributed by atoms with Crippen molar-refractivity contribution >= 4 is 22.3 Å². The predicted molar refractivity (Wildman–Crippen MR) is 136 cm³/mol. The van der Waals surface area contributed by atoms with Crippen LogP contribution in [0.15, 0.2) is 43.4 Å². The van der Waals surface area contributed by atoms with Gasteiger partial charge >= 0.3 is 0 Å². The summed E-state index contributed by atoms with van der Waals surface area (Å²) in [5.74, 6) is -2.27. The Morgan fingerprint density at radius 1 is 1.16 bits per heavy atom. The Bertz CT molecular complexity index is 1490. The molecule has 4 heterocycles. The van der Waals surface area contributed by atoms with Crippen LogP contribution in [-0.4, -0.2) is 37.5 Å². The van der Waals surface area contributed by atoms with Crippen LogP contribution in [0.3, 0.4) is 0 Å². The molecule has 190 valence electrons. The molecule has 0 amide bonds. The topological polar surface area (TPSA) is 102 Å². The highest BCUT2D eigenvalue weighted by atomic mass is 19.2. The fourth-order valence-corrected chi connectivity index (χ4v) is 4.34. The van der Waals surface area contributed by atoms with E-state index in [1.807, 2.05) is 6.20 Å². The number of halogens is 3. The first-order chi connectivity index (χ1) is 17.9. The summed E-state index contributed by atoms with van der Waals surface area (Å²) in [6.07, 6.45) is 8.91. The minimum Gasteiger partial charge on any atom is -0.367 e. The Balaban J connectivity index is 1.60. The summed E-state index contributed by atoms with van der Waals surface area (Å²) < 4.78 is 41.8. The van der Waals surface area contributed by atoms with Crippen LogP contribution < -0.4 is 11.1 Å². The van der Waals surface area contributed by atoms with E-state index >= 15 is 0 Å². The van der Waals surface area contributed by atoms with Crippen molar-refractivity contribution in [2.45, 2.75) is 44.6 Å². The molecule has 0 radical (unpaired) electrons. The van der Waals surface area contributed by atoms with Gasteiger partial charge in [-0.15, -0.1) is 0 Å². The molecule has 1 fully saturated rings. The van der Waals surface area contributed by atoms with Crippen molar-refractivity contribution in [2.75, 3.05) is 11.9 Å². The van der Waals surface area contributed by atoms with Crippen molar-refractivity contribution in [1.82, 2.24) is 24.9 Å². The zero-order chi connectivity index (χ0) is 26.1. The molecule has 7 nitrogen and oxygen atoms in total. The average molecular weight is 506 g/mol. The molecular weight excluding hydrogens is 479 g/mol. The van der Waals surface area contributed by atoms with Crippen molar-refractivity contribution in [3.05, 3.63) is 77.9 Å². The number of hydrogen-bond donors (Lipinski definition) is 2. The van der Waals surface area contributed by atoms with Crippen molar-refractivity contribution < 1.29 is 13.2 Å². The summed E-state index contributed by atoms with van der Waals surface area (Å²) in [7, 11) is 0. The zero-order valence-corrected chi connectivity index (χ0v) is 20.3. The molecule has 1 saturated carbocycles. The lowest BCUT2D eigenvalue weighted by molar-refractivity contribution is 0.475. The van der Waals surface area contributed by atoms with Gasteiger partial charge in [-0.25, -0.2) is 23.7 Å². The van der Waals surface area contributed by atoms with E-state index in [-0.39, 0.29) is 17.3 Å². The van der Waals surface area contributed by atoms with Gasteiger partial charge in [-0.2, -0.15) is 4.39 Å². The molecule has 5 rings (SSSR count). The first kappa shape index (κ1) is 24.8. The van der Waals surface area contributed by atoms with E-state index in [1.54, 1.807) is 18.3 Å². The monoisotopic (exact) mass is 505 g/mol. The van der Waals surface area contributed by atoms with Gasteiger partial charge in [-0.3, -0.25) is 9.97 Å². The quantitative estimate of drug-likeness (QED) is 0.295. The first-order valence-electron chi connectivity index (χ1n) is 12.2. The lowest BCUT2D eigenvalue weighted by Gasteiger charge is -2.20. The van der Waals surface area contributed by atoms with E-state index in [4.69, 9.17) is 15.7 Å². The van der Waals surface area contributed by atoms with Gasteiger partial charge in [0.15, 0.2) is 17.5 Å². The third kappa shape index (κ3) is 5.01. The molecule has 0 saturated heterocycles. The van der Waals surface area contributed by atoms with Gasteiger partial charge in [0, 0.05) is 41.0 Å². The van der Waals surface area contributed by atoms with Crippen molar-refractivity contribution in [2.24, 2.45) is 5.73 Å². The molecule has 1 aliphatic rings. The maximum Gasteiger partial charge on any atom is 0.216 e. The SMILES string of the molecule is C=C(c1cc(-c2nc(NC(CC)CCN)c3c(C4CC4)cncc3n2)ccn1)c1nc(F)cc(F)c1F. The van der Waals surface area contributed by atoms with Gasteiger partial charge in [0.1, 0.15) is 11.5 Å². The first-order valence-corrected chi connectivity index (χ1v) is 12.2. The summed E-state index contributed by atoms with van der Waals surface area (Å²) >= 11 is 0. The molecule has 0 bridgehead atoms. The lowest BCUT2D eigenvalue weighted by atomic mass is 10.0. The minimum atomic E-state index is -1.35. The molecule has 0 spiro atoms. The average Bonchev–Trinajstić information content (AvgIpc) is 3.75. The van der Waals surface area contributed by atoms with Gasteiger partial charge in [0.05, 0.1) is 17.4 Å². The normalized spacial score (nSPS) is 14.1. The molecule has 1 unspecified atom stereocenters. The second-order valence-electron chi connectivity index (χ2n) is 9.12. The van der Waals surface area contributed by atoms with Gasteiger partial charge in [0.25, 0.3) is 0 Å². The predicted octanol–water partition coefficient (Wildman–Crippen LogP) is 5.38. The largest absolute Gasteiger partial charge is 0.367 e. The number of aromatic nitrogens is 5. The van der Waals surface area contributed by atoms with Crippen LogP contribution >= 0.6 is 0 Å². The van der Waals surface area contributed by atoms with E-state index in [0.717, 1.165) is 36.6 Å². The summed E-state index contributed by atoms with van der Waals surface area (Å²) in [5.41, 5.74) is 7.78. The van der Waals surface area contributed by atoms with Crippen molar-refractivity contribution in [3.8, 4) is 11.4 Å². The van der Waals surface area contributed by atoms with E-state index in [1.165, 1.54) is 6.20 Å². The Kier molecular flexibility index (Phi) is 6.84. The smallest absolute Gasteiger partial charge is 0.216 e. The lowest BCUT2D eigenvalue weighted by Crippen LogP contribution is -2.23. The molecule has 4 aromatic rings. The summed E-state index contributed by atoms with van der Waals surface area (Å²) in [4.78, 5) is 21.7. The summed E-state index contributed by atoms with van der Waals surface area (Å²) in [6, 6.07) is 3.80. The van der Waals surface area contributed by atoms with Crippen LogP contribution in [-0.2, 0) is 0 Å². The number of pyridine rings is 3. The molecule has 10 heteroatoms. The highest BCUT2D eigenvalue weighted by molar-refractivity contribution is 5.93. The number of nitrogens with two attached hydrogens (primary N) is 1. The van der Waals surface area contributed by atoms with E-state index in [0.29, 0.717) is 41.3 Å². The Morgan fingerprint density at radius 2 is 1.97 bits per heavy atom. The van der Waals surface area contributed by atoms with Crippen LogP contribution in [0.25, 0.3) is 27.9 Å². The van der Waals surface area contributed by atoms with Crippen LogP contribution in [0.2, 0.25) is 0 Å².